The van der Waals surface area contributed by atoms with Gasteiger partial charge in [0.05, 0.1) is 5.71 Å². The summed E-state index contributed by atoms with van der Waals surface area (Å²) in [5.74, 6) is -0.410. The van der Waals surface area contributed by atoms with E-state index in [9.17, 15) is 4.79 Å². The molecular weight excluding hydrogens is 202 g/mol. The Hall–Kier alpha value is -1.90. The Morgan fingerprint density at radius 1 is 1.44 bits per heavy atom. The van der Waals surface area contributed by atoms with Crippen molar-refractivity contribution in [3.05, 3.63) is 48.6 Å². The Labute approximate surface area is 95.4 Å². The molecule has 0 fully saturated rings. The molecule has 0 unspecified atom stereocenters. The highest BCUT2D eigenvalue weighted by Gasteiger charge is 2.03. The largest absolute Gasteiger partial charge is 0.331 e. The molecule has 0 bridgehead atoms. The molecule has 0 N–H and O–H groups in total. The van der Waals surface area contributed by atoms with Gasteiger partial charge < -0.3 is 4.84 Å². The Morgan fingerprint density at radius 2 is 2.12 bits per heavy atom. The Bertz CT molecular complexity index is 382. The van der Waals surface area contributed by atoms with Crippen LogP contribution in [0.3, 0.4) is 0 Å². The standard InChI is InChI=1S/C13H15NO2/c1-3-4-10-13(14-16-11(2)15)12-8-6-5-7-9-12/h3,5-9H,1,4,10H2,2H3/b14-13-. The van der Waals surface area contributed by atoms with Gasteiger partial charge in [-0.15, -0.1) is 6.58 Å². The summed E-state index contributed by atoms with van der Waals surface area (Å²) in [5.41, 5.74) is 1.72. The Kier molecular flexibility index (Phi) is 4.99. The molecule has 1 rings (SSSR count). The van der Waals surface area contributed by atoms with E-state index in [0.29, 0.717) is 6.42 Å². The zero-order valence-electron chi connectivity index (χ0n) is 9.35. The molecule has 0 atom stereocenters. The summed E-state index contributed by atoms with van der Waals surface area (Å²) in [5, 5.41) is 3.85. The first-order valence-electron chi connectivity index (χ1n) is 5.15. The van der Waals surface area contributed by atoms with Crippen LogP contribution in [0.25, 0.3) is 0 Å². The number of carbonyl (C=O) groups is 1. The highest BCUT2D eigenvalue weighted by atomic mass is 16.7. The van der Waals surface area contributed by atoms with E-state index in [0.717, 1.165) is 17.7 Å². The molecule has 0 saturated heterocycles. The van der Waals surface area contributed by atoms with Crippen molar-refractivity contribution in [3.63, 3.8) is 0 Å². The molecule has 3 heteroatoms. The smallest absolute Gasteiger partial charge is 0.318 e. The summed E-state index contributed by atoms with van der Waals surface area (Å²) in [6, 6.07) is 9.65. The Balaban J connectivity index is 2.82. The lowest BCUT2D eigenvalue weighted by molar-refractivity contribution is -0.140. The fraction of sp³-hybridized carbons (Fsp3) is 0.231. The van der Waals surface area contributed by atoms with Gasteiger partial charge in [0.25, 0.3) is 0 Å². The fourth-order valence-electron chi connectivity index (χ4n) is 1.23. The zero-order valence-corrected chi connectivity index (χ0v) is 9.35. The predicted molar refractivity (Wildman–Crippen MR) is 64.2 cm³/mol. The van der Waals surface area contributed by atoms with Crippen molar-refractivity contribution >= 4 is 11.7 Å². The molecule has 0 aliphatic rings. The van der Waals surface area contributed by atoms with Crippen molar-refractivity contribution in [2.75, 3.05) is 0 Å². The number of carbonyl (C=O) groups excluding carboxylic acids is 1. The van der Waals surface area contributed by atoms with E-state index in [-0.39, 0.29) is 0 Å². The molecule has 0 spiro atoms. The van der Waals surface area contributed by atoms with Gasteiger partial charge in [-0.2, -0.15) is 0 Å². The maximum absolute atomic E-state index is 10.7. The first kappa shape index (κ1) is 12.2. The van der Waals surface area contributed by atoms with E-state index in [1.807, 2.05) is 36.4 Å². The third-order valence-corrected chi connectivity index (χ3v) is 1.98. The predicted octanol–water partition coefficient (Wildman–Crippen LogP) is 2.92. The third-order valence-electron chi connectivity index (χ3n) is 1.98. The van der Waals surface area contributed by atoms with Gasteiger partial charge in [0.1, 0.15) is 0 Å². The van der Waals surface area contributed by atoms with Crippen LogP contribution in [0.4, 0.5) is 0 Å². The maximum atomic E-state index is 10.7. The van der Waals surface area contributed by atoms with E-state index < -0.39 is 5.97 Å². The van der Waals surface area contributed by atoms with Crippen LogP contribution >= 0.6 is 0 Å². The molecule has 0 aliphatic heterocycles. The van der Waals surface area contributed by atoms with E-state index >= 15 is 0 Å². The molecule has 1 aromatic rings. The summed E-state index contributed by atoms with van der Waals surface area (Å²) < 4.78 is 0. The number of oxime groups is 1. The van der Waals surface area contributed by atoms with Crippen LogP contribution in [-0.4, -0.2) is 11.7 Å². The van der Waals surface area contributed by atoms with Crippen molar-refractivity contribution in [2.45, 2.75) is 19.8 Å². The number of allylic oxidation sites excluding steroid dienone is 1. The van der Waals surface area contributed by atoms with Gasteiger partial charge >= 0.3 is 5.97 Å². The van der Waals surface area contributed by atoms with Gasteiger partial charge in [0.2, 0.25) is 0 Å². The number of hydrogen-bond acceptors (Lipinski definition) is 3. The van der Waals surface area contributed by atoms with Crippen molar-refractivity contribution < 1.29 is 9.63 Å². The van der Waals surface area contributed by atoms with Crippen molar-refractivity contribution in [1.29, 1.82) is 0 Å². The first-order chi connectivity index (χ1) is 7.74. The lowest BCUT2D eigenvalue weighted by Crippen LogP contribution is -2.03. The second kappa shape index (κ2) is 6.56. The maximum Gasteiger partial charge on any atom is 0.331 e. The lowest BCUT2D eigenvalue weighted by atomic mass is 10.1. The van der Waals surface area contributed by atoms with E-state index in [4.69, 9.17) is 0 Å². The van der Waals surface area contributed by atoms with E-state index in [2.05, 4.69) is 16.6 Å². The molecule has 84 valence electrons. The first-order valence-corrected chi connectivity index (χ1v) is 5.15. The number of rotatable bonds is 5. The fourth-order valence-corrected chi connectivity index (χ4v) is 1.23. The average molecular weight is 217 g/mol. The van der Waals surface area contributed by atoms with Crippen molar-refractivity contribution in [3.8, 4) is 0 Å². The molecule has 0 heterocycles. The van der Waals surface area contributed by atoms with Crippen molar-refractivity contribution in [1.82, 2.24) is 0 Å². The molecule has 0 aromatic heterocycles. The number of hydrogen-bond donors (Lipinski definition) is 0. The minimum absolute atomic E-state index is 0.410. The van der Waals surface area contributed by atoms with E-state index in [1.54, 1.807) is 0 Å². The van der Waals surface area contributed by atoms with Crippen LogP contribution in [0, 0.1) is 0 Å². The van der Waals surface area contributed by atoms with Gasteiger partial charge in [-0.1, -0.05) is 41.6 Å². The normalized spacial score (nSPS) is 10.9. The van der Waals surface area contributed by atoms with Crippen LogP contribution in [0.1, 0.15) is 25.3 Å². The van der Waals surface area contributed by atoms with Gasteiger partial charge in [0.15, 0.2) is 0 Å². The molecule has 3 nitrogen and oxygen atoms in total. The van der Waals surface area contributed by atoms with E-state index in [1.165, 1.54) is 6.92 Å². The van der Waals surface area contributed by atoms with Gasteiger partial charge in [-0.25, -0.2) is 4.79 Å². The zero-order chi connectivity index (χ0) is 11.8. The molecule has 0 radical (unpaired) electrons. The van der Waals surface area contributed by atoms with Crippen LogP contribution in [-0.2, 0) is 9.63 Å². The SMILES string of the molecule is C=CCC/C(=N/OC(C)=O)c1ccccc1. The molecule has 0 saturated carbocycles. The van der Waals surface area contributed by atoms with Crippen LogP contribution in [0.15, 0.2) is 48.1 Å². The summed E-state index contributed by atoms with van der Waals surface area (Å²) in [6.07, 6.45) is 3.32. The van der Waals surface area contributed by atoms with Crippen LogP contribution in [0.5, 0.6) is 0 Å². The summed E-state index contributed by atoms with van der Waals surface area (Å²) in [7, 11) is 0. The summed E-state index contributed by atoms with van der Waals surface area (Å²) >= 11 is 0. The highest BCUT2D eigenvalue weighted by molar-refractivity contribution is 6.00. The molecule has 0 amide bonds. The monoisotopic (exact) mass is 217 g/mol. The van der Waals surface area contributed by atoms with Crippen molar-refractivity contribution in [2.24, 2.45) is 5.16 Å². The molecule has 1 aromatic carbocycles. The summed E-state index contributed by atoms with van der Waals surface area (Å²) in [4.78, 5) is 15.4. The van der Waals surface area contributed by atoms with Gasteiger partial charge in [-0.05, 0) is 18.4 Å². The topological polar surface area (TPSA) is 38.7 Å². The third kappa shape index (κ3) is 4.09. The minimum Gasteiger partial charge on any atom is -0.318 e. The second-order valence-electron chi connectivity index (χ2n) is 3.31. The highest BCUT2D eigenvalue weighted by Crippen LogP contribution is 2.07. The van der Waals surface area contributed by atoms with Gasteiger partial charge in [0, 0.05) is 6.92 Å². The molecular formula is C13H15NO2. The molecule has 0 aliphatic carbocycles. The summed E-state index contributed by atoms with van der Waals surface area (Å²) in [6.45, 7) is 4.99. The Morgan fingerprint density at radius 3 is 2.69 bits per heavy atom. The van der Waals surface area contributed by atoms with Crippen LogP contribution in [0.2, 0.25) is 0 Å². The van der Waals surface area contributed by atoms with Crippen LogP contribution < -0.4 is 0 Å². The quantitative estimate of drug-likeness (QED) is 0.329. The molecule has 16 heavy (non-hydrogen) atoms. The lowest BCUT2D eigenvalue weighted by Gasteiger charge is -2.03. The number of benzene rings is 1. The van der Waals surface area contributed by atoms with Gasteiger partial charge in [-0.3, -0.25) is 0 Å². The minimum atomic E-state index is -0.410. The average Bonchev–Trinajstić information content (AvgIpc) is 2.30. The second-order valence-corrected chi connectivity index (χ2v) is 3.31. The number of nitrogens with zero attached hydrogens (tertiary/aromatic N) is 1.